The predicted molar refractivity (Wildman–Crippen MR) is 149 cm³/mol. The van der Waals surface area contributed by atoms with Crippen LogP contribution in [0.2, 0.25) is 0 Å². The third-order valence-electron chi connectivity index (χ3n) is 7.11. The smallest absolute Gasteiger partial charge is 0.377 e. The summed E-state index contributed by atoms with van der Waals surface area (Å²) < 4.78 is 76.0. The van der Waals surface area contributed by atoms with Gasteiger partial charge in [-0.2, -0.15) is 26.3 Å². The maximum atomic E-state index is 12.8. The van der Waals surface area contributed by atoms with Gasteiger partial charge in [0.25, 0.3) is 0 Å². The van der Waals surface area contributed by atoms with Crippen LogP contribution in [0.5, 0.6) is 0 Å². The van der Waals surface area contributed by atoms with E-state index >= 15 is 0 Å². The fourth-order valence-corrected chi connectivity index (χ4v) is 5.85. The van der Waals surface area contributed by atoms with Crippen molar-refractivity contribution in [3.63, 3.8) is 0 Å². The number of piperazine rings is 1. The zero-order chi connectivity index (χ0) is 28.0. The van der Waals surface area contributed by atoms with Gasteiger partial charge >= 0.3 is 11.7 Å². The molecule has 2 heterocycles. The molecule has 214 valence electrons. The summed E-state index contributed by atoms with van der Waals surface area (Å²) in [6.07, 6.45) is -0.766. The number of nitrogens with one attached hydrogen (secondary N) is 1. The molecule has 1 N–H and O–H groups in total. The van der Waals surface area contributed by atoms with Gasteiger partial charge in [-0.3, -0.25) is 4.90 Å². The number of alkyl halides is 6. The van der Waals surface area contributed by atoms with Gasteiger partial charge in [0, 0.05) is 61.6 Å². The highest BCUT2D eigenvalue weighted by Gasteiger charge is 2.31. The van der Waals surface area contributed by atoms with Crippen LogP contribution in [-0.2, 0) is 6.18 Å². The van der Waals surface area contributed by atoms with E-state index in [1.54, 1.807) is 24.3 Å². The van der Waals surface area contributed by atoms with Crippen molar-refractivity contribution in [3.8, 4) is 0 Å². The number of rotatable bonds is 8. The van der Waals surface area contributed by atoms with Gasteiger partial charge in [0.1, 0.15) is 0 Å². The lowest BCUT2D eigenvalue weighted by atomic mass is 10.0. The van der Waals surface area contributed by atoms with Crippen LogP contribution in [0.25, 0.3) is 0 Å². The Morgan fingerprint density at radius 1 is 0.795 bits per heavy atom. The van der Waals surface area contributed by atoms with E-state index in [0.29, 0.717) is 6.04 Å². The topological polar surface area (TPSA) is 21.8 Å². The fourth-order valence-electron chi connectivity index (χ4n) is 4.99. The Morgan fingerprint density at radius 3 is 1.87 bits per heavy atom. The number of piperidine rings is 1. The lowest BCUT2D eigenvalue weighted by molar-refractivity contribution is -0.137. The minimum absolute atomic E-state index is 0.101. The Kier molecular flexibility index (Phi) is 9.92. The van der Waals surface area contributed by atoms with E-state index in [1.807, 2.05) is 0 Å². The number of benzene rings is 2. The molecule has 0 atom stereocenters. The predicted octanol–water partition coefficient (Wildman–Crippen LogP) is 6.81. The van der Waals surface area contributed by atoms with Crippen molar-refractivity contribution < 1.29 is 26.3 Å². The Hall–Kier alpha value is -2.18. The lowest BCUT2D eigenvalue weighted by Crippen LogP contribution is -2.47. The molecule has 0 spiro atoms. The summed E-state index contributed by atoms with van der Waals surface area (Å²) in [6.45, 7) is 5.81. The molecule has 2 aliphatic rings. The molecular weight excluding hydrogens is 558 g/mol. The number of anilines is 2. The summed E-state index contributed by atoms with van der Waals surface area (Å²) in [5.74, 6) is 0. The fraction of sp³-hybridized carbons (Fsp3) is 0.519. The summed E-state index contributed by atoms with van der Waals surface area (Å²) in [4.78, 5) is 7.71. The molecule has 2 aliphatic heterocycles. The maximum absolute atomic E-state index is 12.8. The van der Waals surface area contributed by atoms with Gasteiger partial charge in [-0.15, -0.1) is 0 Å². The highest BCUT2D eigenvalue weighted by molar-refractivity contribution is 8.00. The standard InChI is InChI=1S/C27H32F6N4S2/c28-26(29,30)20-3-5-22(6-4-20)37-18-16-35(17-19-37)13-1-2-25(38)34-21-11-14-36(15-12-21)23-7-9-24(10-8-23)39-27(31,32)33/h3-10,21H,1-2,11-19H2,(H,34,38). The van der Waals surface area contributed by atoms with Gasteiger partial charge in [0.2, 0.25) is 0 Å². The van der Waals surface area contributed by atoms with Gasteiger partial charge in [0.15, 0.2) is 0 Å². The minimum atomic E-state index is -4.32. The largest absolute Gasteiger partial charge is 0.446 e. The summed E-state index contributed by atoms with van der Waals surface area (Å²) in [6, 6.07) is 12.2. The molecule has 4 nitrogen and oxygen atoms in total. The summed E-state index contributed by atoms with van der Waals surface area (Å²) >= 11 is 5.48. The third kappa shape index (κ3) is 9.18. The van der Waals surface area contributed by atoms with Crippen LogP contribution in [0.15, 0.2) is 53.4 Å². The molecule has 0 aliphatic carbocycles. The van der Waals surface area contributed by atoms with Crippen molar-refractivity contribution in [2.45, 2.75) is 48.3 Å². The molecule has 2 saturated heterocycles. The van der Waals surface area contributed by atoms with E-state index in [9.17, 15) is 26.3 Å². The van der Waals surface area contributed by atoms with Crippen molar-refractivity contribution in [2.24, 2.45) is 0 Å². The molecule has 0 bridgehead atoms. The molecular formula is C27H32F6N4S2. The molecule has 0 unspecified atom stereocenters. The van der Waals surface area contributed by atoms with Gasteiger partial charge < -0.3 is 15.1 Å². The first-order valence-electron chi connectivity index (χ1n) is 13.0. The average Bonchev–Trinajstić information content (AvgIpc) is 2.89. The van der Waals surface area contributed by atoms with E-state index in [4.69, 9.17) is 12.2 Å². The molecule has 0 radical (unpaired) electrons. The Bertz CT molecular complexity index is 1060. The zero-order valence-corrected chi connectivity index (χ0v) is 23.0. The molecule has 39 heavy (non-hydrogen) atoms. The van der Waals surface area contributed by atoms with Crippen LogP contribution >= 0.6 is 24.0 Å². The number of halogens is 6. The van der Waals surface area contributed by atoms with Gasteiger partial charge in [-0.05, 0) is 92.5 Å². The van der Waals surface area contributed by atoms with Crippen LogP contribution in [0.3, 0.4) is 0 Å². The monoisotopic (exact) mass is 590 g/mol. The van der Waals surface area contributed by atoms with Crippen LogP contribution in [-0.4, -0.2) is 67.3 Å². The SMILES string of the molecule is FC(F)(F)Sc1ccc(N2CCC(NC(=S)CCCN3CCN(c4ccc(C(F)(F)F)cc4)CC3)CC2)cc1. The third-order valence-corrected chi connectivity index (χ3v) is 8.17. The molecule has 2 fully saturated rings. The second-order valence-electron chi connectivity index (χ2n) is 9.85. The van der Waals surface area contributed by atoms with Crippen molar-refractivity contribution in [2.75, 3.05) is 55.6 Å². The Balaban J connectivity index is 1.10. The van der Waals surface area contributed by atoms with Gasteiger partial charge in [0.05, 0.1) is 10.6 Å². The highest BCUT2D eigenvalue weighted by atomic mass is 32.2. The quantitative estimate of drug-likeness (QED) is 0.206. The van der Waals surface area contributed by atoms with Crippen LogP contribution < -0.4 is 15.1 Å². The first-order valence-corrected chi connectivity index (χ1v) is 14.2. The molecule has 0 saturated carbocycles. The molecule has 0 amide bonds. The van der Waals surface area contributed by atoms with Crippen LogP contribution in [0.4, 0.5) is 37.7 Å². The highest BCUT2D eigenvalue weighted by Crippen LogP contribution is 2.37. The van der Waals surface area contributed by atoms with Crippen molar-refractivity contribution in [1.29, 1.82) is 0 Å². The second-order valence-corrected chi connectivity index (χ2v) is 11.5. The van der Waals surface area contributed by atoms with E-state index in [-0.39, 0.29) is 16.7 Å². The lowest BCUT2D eigenvalue weighted by Gasteiger charge is -2.36. The van der Waals surface area contributed by atoms with E-state index in [2.05, 4.69) is 20.0 Å². The van der Waals surface area contributed by atoms with Crippen molar-refractivity contribution in [3.05, 3.63) is 54.1 Å². The number of nitrogens with zero attached hydrogens (tertiary/aromatic N) is 3. The van der Waals surface area contributed by atoms with Crippen LogP contribution in [0.1, 0.15) is 31.2 Å². The van der Waals surface area contributed by atoms with Gasteiger partial charge in [-0.25, -0.2) is 0 Å². The minimum Gasteiger partial charge on any atom is -0.377 e. The second kappa shape index (κ2) is 13.0. The molecule has 4 rings (SSSR count). The summed E-state index contributed by atoms with van der Waals surface area (Å²) in [5, 5.41) is 3.48. The summed E-state index contributed by atoms with van der Waals surface area (Å²) in [7, 11) is 0. The average molecular weight is 591 g/mol. The summed E-state index contributed by atoms with van der Waals surface area (Å²) in [5.41, 5.74) is -3.16. The Morgan fingerprint density at radius 2 is 1.33 bits per heavy atom. The normalized spacial score (nSPS) is 17.9. The number of hydrogen-bond donors (Lipinski definition) is 1. The van der Waals surface area contributed by atoms with Crippen molar-refractivity contribution in [1.82, 2.24) is 10.2 Å². The Labute approximate surface area is 234 Å². The molecule has 12 heteroatoms. The van der Waals surface area contributed by atoms with E-state index in [0.717, 1.165) is 100.0 Å². The number of hydrogen-bond acceptors (Lipinski definition) is 5. The number of thioether (sulfide) groups is 1. The van der Waals surface area contributed by atoms with E-state index in [1.165, 1.54) is 12.1 Å². The van der Waals surface area contributed by atoms with Crippen LogP contribution in [0, 0.1) is 0 Å². The molecule has 2 aromatic rings. The van der Waals surface area contributed by atoms with Gasteiger partial charge in [-0.1, -0.05) is 12.2 Å². The first-order chi connectivity index (χ1) is 18.5. The maximum Gasteiger partial charge on any atom is 0.446 e. The zero-order valence-electron chi connectivity index (χ0n) is 21.4. The van der Waals surface area contributed by atoms with E-state index < -0.39 is 17.2 Å². The molecule has 0 aromatic heterocycles. The molecule has 2 aromatic carbocycles. The first kappa shape index (κ1) is 29.8. The number of thiocarbonyl (C=S) groups is 1. The van der Waals surface area contributed by atoms with Crippen molar-refractivity contribution >= 4 is 40.3 Å².